The number of guanidine groups is 1. The van der Waals surface area contributed by atoms with Crippen molar-refractivity contribution >= 4 is 21.9 Å². The van der Waals surface area contributed by atoms with Crippen LogP contribution in [0.15, 0.2) is 4.99 Å². The lowest BCUT2D eigenvalue weighted by Crippen LogP contribution is -2.45. The molecule has 0 aliphatic carbocycles. The third-order valence-electron chi connectivity index (χ3n) is 5.33. The van der Waals surface area contributed by atoms with Crippen LogP contribution in [-0.2, 0) is 14.8 Å². The lowest BCUT2D eigenvalue weighted by Gasteiger charge is -2.26. The maximum Gasteiger partial charge on any atom is 0.257 e. The minimum Gasteiger partial charge on any atom is -0.369 e. The molecule has 2 rings (SSSR count). The normalized spacial score (nSPS) is 28.0. The smallest absolute Gasteiger partial charge is 0.257 e. The molecule has 25 heavy (non-hydrogen) atoms. The van der Waals surface area contributed by atoms with E-state index in [0.29, 0.717) is 25.6 Å². The molecule has 0 aromatic carbocycles. The Hall–Kier alpha value is -1.15. The minimum atomic E-state index is -3.13. The summed E-state index contributed by atoms with van der Waals surface area (Å²) in [6.07, 6.45) is 7.20. The van der Waals surface area contributed by atoms with E-state index in [1.807, 2.05) is 0 Å². The molecule has 2 unspecified atom stereocenters. The highest BCUT2D eigenvalue weighted by molar-refractivity contribution is 7.88. The summed E-state index contributed by atoms with van der Waals surface area (Å²) in [4.78, 5) is 19.2. The van der Waals surface area contributed by atoms with Gasteiger partial charge in [0.05, 0.1) is 6.26 Å². The van der Waals surface area contributed by atoms with Gasteiger partial charge in [-0.25, -0.2) is 17.7 Å². The number of hydrogen-bond donors (Lipinski definition) is 1. The first kappa shape index (κ1) is 20.2. The second-order valence-electron chi connectivity index (χ2n) is 7.38. The topological polar surface area (TPSA) is 96.1 Å². The number of carbonyl (C=O) groups excluding carboxylic acids is 1. The summed E-state index contributed by atoms with van der Waals surface area (Å²) in [5.41, 5.74) is 5.40. The highest BCUT2D eigenvalue weighted by Gasteiger charge is 2.46. The van der Waals surface area contributed by atoms with Gasteiger partial charge in [-0.15, -0.1) is 0 Å². The van der Waals surface area contributed by atoms with E-state index in [4.69, 9.17) is 5.73 Å². The Labute approximate surface area is 151 Å². The first-order valence-electron chi connectivity index (χ1n) is 9.36. The Bertz CT molecular complexity index is 619. The van der Waals surface area contributed by atoms with Gasteiger partial charge in [0.1, 0.15) is 5.54 Å². The minimum absolute atomic E-state index is 0.0262. The number of amides is 1. The Morgan fingerprint density at radius 2 is 2.00 bits per heavy atom. The Morgan fingerprint density at radius 1 is 1.28 bits per heavy atom. The van der Waals surface area contributed by atoms with Crippen molar-refractivity contribution in [3.63, 3.8) is 0 Å². The third-order valence-corrected chi connectivity index (χ3v) is 6.60. The molecule has 0 radical (unpaired) electrons. The van der Waals surface area contributed by atoms with E-state index < -0.39 is 15.6 Å². The molecule has 0 aromatic heterocycles. The van der Waals surface area contributed by atoms with Crippen LogP contribution in [0.5, 0.6) is 0 Å². The van der Waals surface area contributed by atoms with Crippen LogP contribution >= 0.6 is 0 Å². The van der Waals surface area contributed by atoms with Crippen molar-refractivity contribution in [2.45, 2.75) is 64.3 Å². The lowest BCUT2D eigenvalue weighted by molar-refractivity contribution is -0.131. The molecule has 1 amide bonds. The molecular formula is C17H32N4O3S. The van der Waals surface area contributed by atoms with Crippen LogP contribution in [0.2, 0.25) is 0 Å². The fraction of sp³-hybridized carbons (Fsp3) is 0.882. The first-order valence-corrected chi connectivity index (χ1v) is 11.2. The molecule has 144 valence electrons. The Morgan fingerprint density at radius 3 is 2.56 bits per heavy atom. The van der Waals surface area contributed by atoms with Gasteiger partial charge in [-0.2, -0.15) is 0 Å². The van der Waals surface area contributed by atoms with Crippen LogP contribution in [0.3, 0.4) is 0 Å². The van der Waals surface area contributed by atoms with Gasteiger partial charge in [0.25, 0.3) is 5.91 Å². The maximum atomic E-state index is 13.0. The van der Waals surface area contributed by atoms with Crippen LogP contribution in [0.25, 0.3) is 0 Å². The van der Waals surface area contributed by atoms with Crippen LogP contribution in [0.1, 0.15) is 58.8 Å². The lowest BCUT2D eigenvalue weighted by atomic mass is 9.88. The Balaban J connectivity index is 1.97. The van der Waals surface area contributed by atoms with Crippen LogP contribution < -0.4 is 5.73 Å². The predicted molar refractivity (Wildman–Crippen MR) is 99.6 cm³/mol. The first-order chi connectivity index (χ1) is 11.7. The molecule has 2 aliphatic rings. The second kappa shape index (κ2) is 8.03. The van der Waals surface area contributed by atoms with Gasteiger partial charge in [-0.1, -0.05) is 33.1 Å². The molecule has 0 spiro atoms. The molecule has 8 heteroatoms. The van der Waals surface area contributed by atoms with E-state index in [-0.39, 0.29) is 11.8 Å². The fourth-order valence-corrected chi connectivity index (χ4v) is 4.80. The SMILES string of the molecule is CCCCC1(CCC)N=C(N)N(CCC2CCN(S(C)(=O)=O)C2)C1=O. The molecular weight excluding hydrogens is 340 g/mol. The van der Waals surface area contributed by atoms with Crippen molar-refractivity contribution in [1.29, 1.82) is 0 Å². The average Bonchev–Trinajstić information content (AvgIpc) is 3.09. The van der Waals surface area contributed by atoms with Crippen molar-refractivity contribution in [3.05, 3.63) is 0 Å². The van der Waals surface area contributed by atoms with E-state index in [1.54, 1.807) is 4.90 Å². The molecule has 2 N–H and O–H groups in total. The van der Waals surface area contributed by atoms with Gasteiger partial charge in [0.2, 0.25) is 10.0 Å². The number of nitrogens with two attached hydrogens (primary N) is 1. The number of sulfonamides is 1. The summed E-state index contributed by atoms with van der Waals surface area (Å²) in [5.74, 6) is 0.623. The zero-order chi connectivity index (χ0) is 18.7. The van der Waals surface area contributed by atoms with E-state index >= 15 is 0 Å². The van der Waals surface area contributed by atoms with E-state index in [9.17, 15) is 13.2 Å². The summed E-state index contributed by atoms with van der Waals surface area (Å²) < 4.78 is 24.8. The number of aliphatic imine (C=N–C) groups is 1. The quantitative estimate of drug-likeness (QED) is 0.664. The standard InChI is InChI=1S/C17H32N4O3S/c1-4-6-10-17(9-5-2)15(22)21(16(18)19-17)12-8-14-7-11-20(13-14)25(3,23)24/h14H,4-13H2,1-3H3,(H2,18,19). The highest BCUT2D eigenvalue weighted by Crippen LogP contribution is 2.33. The van der Waals surface area contributed by atoms with E-state index in [1.165, 1.54) is 10.6 Å². The summed E-state index contributed by atoms with van der Waals surface area (Å²) in [5, 5.41) is 0. The average molecular weight is 373 g/mol. The van der Waals surface area contributed by atoms with Crippen molar-refractivity contribution in [3.8, 4) is 0 Å². The van der Waals surface area contributed by atoms with Crippen molar-refractivity contribution in [2.75, 3.05) is 25.9 Å². The number of nitrogens with zero attached hydrogens (tertiary/aromatic N) is 3. The predicted octanol–water partition coefficient (Wildman–Crippen LogP) is 1.54. The van der Waals surface area contributed by atoms with Gasteiger partial charge < -0.3 is 5.73 Å². The zero-order valence-electron chi connectivity index (χ0n) is 15.7. The maximum absolute atomic E-state index is 13.0. The largest absolute Gasteiger partial charge is 0.369 e. The third kappa shape index (κ3) is 4.53. The highest BCUT2D eigenvalue weighted by atomic mass is 32.2. The molecule has 0 bridgehead atoms. The molecule has 1 fully saturated rings. The van der Waals surface area contributed by atoms with Gasteiger partial charge in [0.15, 0.2) is 5.96 Å². The van der Waals surface area contributed by atoms with Crippen molar-refractivity contribution in [2.24, 2.45) is 16.6 Å². The molecule has 2 heterocycles. The summed E-state index contributed by atoms with van der Waals surface area (Å²) in [6, 6.07) is 0. The second-order valence-corrected chi connectivity index (χ2v) is 9.36. The molecule has 0 aromatic rings. The van der Waals surface area contributed by atoms with Crippen molar-refractivity contribution < 1.29 is 13.2 Å². The van der Waals surface area contributed by atoms with Gasteiger partial charge in [-0.05, 0) is 31.6 Å². The Kier molecular flexibility index (Phi) is 6.48. The van der Waals surface area contributed by atoms with E-state index in [2.05, 4.69) is 18.8 Å². The monoisotopic (exact) mass is 372 g/mol. The molecule has 7 nitrogen and oxygen atoms in total. The zero-order valence-corrected chi connectivity index (χ0v) is 16.5. The fourth-order valence-electron chi connectivity index (χ4n) is 3.88. The van der Waals surface area contributed by atoms with Crippen LogP contribution in [0, 0.1) is 5.92 Å². The van der Waals surface area contributed by atoms with Gasteiger partial charge >= 0.3 is 0 Å². The van der Waals surface area contributed by atoms with E-state index in [0.717, 1.165) is 44.9 Å². The van der Waals surface area contributed by atoms with Gasteiger partial charge in [0, 0.05) is 19.6 Å². The summed E-state index contributed by atoms with van der Waals surface area (Å²) in [7, 11) is -3.13. The number of rotatable bonds is 9. The molecule has 2 aliphatic heterocycles. The summed E-state index contributed by atoms with van der Waals surface area (Å²) >= 11 is 0. The number of unbranched alkanes of at least 4 members (excludes halogenated alkanes) is 1. The molecule has 1 saturated heterocycles. The van der Waals surface area contributed by atoms with Crippen LogP contribution in [-0.4, -0.2) is 60.9 Å². The van der Waals surface area contributed by atoms with Crippen LogP contribution in [0.4, 0.5) is 0 Å². The van der Waals surface area contributed by atoms with Gasteiger partial charge in [-0.3, -0.25) is 9.69 Å². The summed E-state index contributed by atoms with van der Waals surface area (Å²) in [6.45, 7) is 5.80. The number of hydrogen-bond acceptors (Lipinski definition) is 5. The molecule has 0 saturated carbocycles. The number of carbonyl (C=O) groups is 1. The molecule has 2 atom stereocenters. The van der Waals surface area contributed by atoms with Crippen molar-refractivity contribution in [1.82, 2.24) is 9.21 Å².